The maximum Gasteiger partial charge on any atom is 0.164 e. The van der Waals surface area contributed by atoms with Gasteiger partial charge in [0.25, 0.3) is 0 Å². The molecule has 0 fully saturated rings. The number of fused-ring (bicyclic) bond motifs is 7. The van der Waals surface area contributed by atoms with E-state index in [1.54, 1.807) is 0 Å². The second-order valence-electron chi connectivity index (χ2n) is 17.1. The van der Waals surface area contributed by atoms with E-state index in [1.165, 1.54) is 42.0 Å². The largest absolute Gasteiger partial charge is 0.308 e. The Bertz CT molecular complexity index is 3880. The Labute approximate surface area is 397 Å². The number of hydrogen-bond acceptors (Lipinski definition) is 4. The number of para-hydroxylation sites is 2. The van der Waals surface area contributed by atoms with Crippen LogP contribution in [0.5, 0.6) is 0 Å². The van der Waals surface area contributed by atoms with Crippen molar-refractivity contribution in [1.82, 2.24) is 19.5 Å². The van der Waals surface area contributed by atoms with E-state index in [9.17, 15) is 0 Å². The topological polar surface area (TPSA) is 43.6 Å². The smallest absolute Gasteiger partial charge is 0.164 e. The number of benzene rings is 10. The van der Waals surface area contributed by atoms with Gasteiger partial charge in [-0.3, -0.25) is 0 Å². The fraction of sp³-hybridized carbons (Fsp3) is 0. The van der Waals surface area contributed by atoms with Crippen molar-refractivity contribution in [2.75, 3.05) is 0 Å². The zero-order chi connectivity index (χ0) is 45.0. The van der Waals surface area contributed by atoms with E-state index in [1.807, 2.05) is 47.7 Å². The summed E-state index contributed by atoms with van der Waals surface area (Å²) in [7, 11) is 0. The van der Waals surface area contributed by atoms with E-state index in [-0.39, 0.29) is 0 Å². The lowest BCUT2D eigenvalue weighted by Crippen LogP contribution is -2.01. The second-order valence-corrected chi connectivity index (χ2v) is 18.2. The second kappa shape index (κ2) is 16.6. The molecule has 5 heteroatoms. The van der Waals surface area contributed by atoms with Crippen LogP contribution in [0.25, 0.3) is 126 Å². The maximum atomic E-state index is 5.37. The predicted molar refractivity (Wildman–Crippen MR) is 285 cm³/mol. The average molecular weight is 885 g/mol. The highest BCUT2D eigenvalue weighted by Crippen LogP contribution is 2.48. The summed E-state index contributed by atoms with van der Waals surface area (Å²) < 4.78 is 4.92. The Kier molecular flexibility index (Phi) is 9.66. The highest BCUT2D eigenvalue weighted by molar-refractivity contribution is 7.26. The SMILES string of the molecule is c1ccc(-c2cc(-c3ccccc3)cc(-c3ccc(-c4cccc5sc6c(ccc7c8ccccc8n(-c8ccccc8)c76)c45)c(-c4nc(-c5ccccc5)nc(-c5ccccc5)n4)c3)c2)cc1. The minimum atomic E-state index is 0.611. The molecule has 0 atom stereocenters. The van der Waals surface area contributed by atoms with Gasteiger partial charge >= 0.3 is 0 Å². The Morgan fingerprint density at radius 3 is 1.44 bits per heavy atom. The number of thiophene rings is 1. The van der Waals surface area contributed by atoms with Crippen molar-refractivity contribution in [2.24, 2.45) is 0 Å². The van der Waals surface area contributed by atoms with Crippen molar-refractivity contribution < 1.29 is 0 Å². The van der Waals surface area contributed by atoms with Crippen molar-refractivity contribution in [3.63, 3.8) is 0 Å². The van der Waals surface area contributed by atoms with Gasteiger partial charge in [-0.2, -0.15) is 0 Å². The molecule has 10 aromatic carbocycles. The zero-order valence-corrected chi connectivity index (χ0v) is 37.6. The van der Waals surface area contributed by atoms with Gasteiger partial charge < -0.3 is 4.57 Å². The van der Waals surface area contributed by atoms with Gasteiger partial charge in [-0.05, 0) is 93.0 Å². The lowest BCUT2D eigenvalue weighted by Gasteiger charge is -2.16. The van der Waals surface area contributed by atoms with Crippen LogP contribution in [0.4, 0.5) is 0 Å². The molecule has 0 amide bonds. The van der Waals surface area contributed by atoms with E-state index in [4.69, 9.17) is 15.0 Å². The molecule has 13 aromatic rings. The van der Waals surface area contributed by atoms with Gasteiger partial charge in [-0.1, -0.05) is 194 Å². The zero-order valence-electron chi connectivity index (χ0n) is 36.8. The van der Waals surface area contributed by atoms with Crippen LogP contribution in [-0.2, 0) is 0 Å². The summed E-state index contributed by atoms with van der Waals surface area (Å²) in [6.45, 7) is 0. The van der Waals surface area contributed by atoms with E-state index >= 15 is 0 Å². The third-order valence-electron chi connectivity index (χ3n) is 13.0. The number of rotatable bonds is 8. The molecule has 3 aromatic heterocycles. The molecule has 0 aliphatic heterocycles. The van der Waals surface area contributed by atoms with Gasteiger partial charge in [0.15, 0.2) is 17.5 Å². The molecular weight excluding hydrogens is 845 g/mol. The molecule has 318 valence electrons. The molecule has 3 heterocycles. The van der Waals surface area contributed by atoms with Gasteiger partial charge in [-0.15, -0.1) is 11.3 Å². The monoisotopic (exact) mass is 884 g/mol. The summed E-state index contributed by atoms with van der Waals surface area (Å²) in [5.74, 6) is 1.86. The first-order chi connectivity index (χ1) is 33.7. The first kappa shape index (κ1) is 39.6. The Morgan fingerprint density at radius 1 is 0.309 bits per heavy atom. The first-order valence-corrected chi connectivity index (χ1v) is 23.7. The van der Waals surface area contributed by atoms with E-state index in [2.05, 4.69) is 211 Å². The molecule has 0 saturated carbocycles. The fourth-order valence-corrected chi connectivity index (χ4v) is 11.1. The van der Waals surface area contributed by atoms with Crippen molar-refractivity contribution in [2.45, 2.75) is 0 Å². The standard InChI is InChI=1S/C63H40N4S/c1-6-19-41(20-7-1)46-37-47(42-21-8-2-9-22-42)39-48(38-46)45-33-34-50(55(40-45)63-65-61(43-23-10-3-11-24-43)64-62(66-63)44-25-12-4-13-26-44)52-30-18-32-57-58(52)54-36-35-53-51-29-16-17-31-56(51)67(59(53)60(54)68-57)49-27-14-5-15-28-49/h1-40H. The van der Waals surface area contributed by atoms with Crippen LogP contribution in [0.15, 0.2) is 243 Å². The summed E-state index contributed by atoms with van der Waals surface area (Å²) in [4.78, 5) is 15.8. The first-order valence-electron chi connectivity index (χ1n) is 22.9. The average Bonchev–Trinajstić information content (AvgIpc) is 3.98. The summed E-state index contributed by atoms with van der Waals surface area (Å²) in [5, 5.41) is 4.92. The van der Waals surface area contributed by atoms with E-state index in [0.717, 1.165) is 66.9 Å². The van der Waals surface area contributed by atoms with Gasteiger partial charge in [-0.25, -0.2) is 15.0 Å². The van der Waals surface area contributed by atoms with E-state index in [0.29, 0.717) is 17.5 Å². The molecule has 0 unspecified atom stereocenters. The molecule has 0 aliphatic rings. The number of aromatic nitrogens is 4. The van der Waals surface area contributed by atoms with Crippen LogP contribution < -0.4 is 0 Å². The third-order valence-corrected chi connectivity index (χ3v) is 14.2. The molecule has 0 bridgehead atoms. The van der Waals surface area contributed by atoms with Crippen LogP contribution in [0.3, 0.4) is 0 Å². The number of nitrogens with zero attached hydrogens (tertiary/aromatic N) is 4. The molecule has 0 saturated heterocycles. The Balaban J connectivity index is 1.09. The van der Waals surface area contributed by atoms with Gasteiger partial charge in [0.1, 0.15) is 0 Å². The van der Waals surface area contributed by atoms with Crippen molar-refractivity contribution in [3.8, 4) is 84.4 Å². The summed E-state index contributed by atoms with van der Waals surface area (Å²) in [5.41, 5.74) is 15.3. The van der Waals surface area contributed by atoms with Gasteiger partial charge in [0.05, 0.1) is 15.7 Å². The summed E-state index contributed by atoms with van der Waals surface area (Å²) in [6.07, 6.45) is 0. The van der Waals surface area contributed by atoms with Gasteiger partial charge in [0, 0.05) is 48.6 Å². The predicted octanol–water partition coefficient (Wildman–Crippen LogP) is 17.0. The van der Waals surface area contributed by atoms with Gasteiger partial charge in [0.2, 0.25) is 0 Å². The molecule has 68 heavy (non-hydrogen) atoms. The van der Waals surface area contributed by atoms with Crippen LogP contribution >= 0.6 is 11.3 Å². The quantitative estimate of drug-likeness (QED) is 0.153. The third kappa shape index (κ3) is 6.88. The molecule has 0 N–H and O–H groups in total. The highest BCUT2D eigenvalue weighted by Gasteiger charge is 2.23. The normalized spacial score (nSPS) is 11.5. The van der Waals surface area contributed by atoms with Crippen molar-refractivity contribution in [1.29, 1.82) is 0 Å². The molecule has 13 rings (SSSR count). The molecular formula is C63H40N4S. The lowest BCUT2D eigenvalue weighted by atomic mass is 9.89. The molecule has 0 radical (unpaired) electrons. The molecule has 0 spiro atoms. The van der Waals surface area contributed by atoms with Crippen molar-refractivity contribution >= 4 is 53.3 Å². The number of hydrogen-bond donors (Lipinski definition) is 0. The fourth-order valence-electron chi connectivity index (χ4n) is 9.86. The summed E-state index contributed by atoms with van der Waals surface area (Å²) >= 11 is 1.86. The summed E-state index contributed by atoms with van der Waals surface area (Å²) in [6, 6.07) is 86.4. The minimum Gasteiger partial charge on any atom is -0.308 e. The van der Waals surface area contributed by atoms with Crippen LogP contribution in [0.1, 0.15) is 0 Å². The van der Waals surface area contributed by atoms with Crippen LogP contribution in [0.2, 0.25) is 0 Å². The van der Waals surface area contributed by atoms with Crippen LogP contribution in [-0.4, -0.2) is 19.5 Å². The van der Waals surface area contributed by atoms with Crippen molar-refractivity contribution in [3.05, 3.63) is 243 Å². The maximum absolute atomic E-state index is 5.37. The van der Waals surface area contributed by atoms with E-state index < -0.39 is 0 Å². The molecule has 4 nitrogen and oxygen atoms in total. The minimum absolute atomic E-state index is 0.611. The highest BCUT2D eigenvalue weighted by atomic mass is 32.1. The molecule has 0 aliphatic carbocycles. The lowest BCUT2D eigenvalue weighted by molar-refractivity contribution is 1.07. The van der Waals surface area contributed by atoms with Crippen LogP contribution in [0, 0.1) is 0 Å². The Hall–Kier alpha value is -8.77. The Morgan fingerprint density at radius 2 is 0.824 bits per heavy atom.